The van der Waals surface area contributed by atoms with E-state index in [-0.39, 0.29) is 10.5 Å². The van der Waals surface area contributed by atoms with Gasteiger partial charge < -0.3 is 4.57 Å². The van der Waals surface area contributed by atoms with Crippen LogP contribution in [0.2, 0.25) is 0 Å². The molecular formula is C10H10N2O3S. The van der Waals surface area contributed by atoms with Gasteiger partial charge in [0.25, 0.3) is 5.56 Å². The molecule has 0 fully saturated rings. The van der Waals surface area contributed by atoms with Crippen LogP contribution in [0.15, 0.2) is 40.2 Å². The van der Waals surface area contributed by atoms with Crippen molar-refractivity contribution in [2.24, 2.45) is 12.2 Å². The summed E-state index contributed by atoms with van der Waals surface area (Å²) < 4.78 is 23.7. The third-order valence-corrected chi connectivity index (χ3v) is 3.29. The quantitative estimate of drug-likeness (QED) is 0.769. The van der Waals surface area contributed by atoms with Crippen molar-refractivity contribution in [3.63, 3.8) is 0 Å². The third-order valence-electron chi connectivity index (χ3n) is 2.38. The maximum absolute atomic E-state index is 11.7. The summed E-state index contributed by atoms with van der Waals surface area (Å²) in [7, 11) is -2.09. The number of primary sulfonamides is 1. The number of pyridine rings is 1. The minimum atomic E-state index is -3.73. The van der Waals surface area contributed by atoms with Crippen LogP contribution in [0.25, 0.3) is 10.8 Å². The number of benzene rings is 1. The number of fused-ring (bicyclic) bond motifs is 1. The number of aromatic nitrogens is 1. The molecule has 2 N–H and O–H groups in total. The molecule has 0 aliphatic carbocycles. The molecular weight excluding hydrogens is 228 g/mol. The van der Waals surface area contributed by atoms with Crippen molar-refractivity contribution in [2.75, 3.05) is 0 Å². The first-order valence-corrected chi connectivity index (χ1v) is 6.06. The van der Waals surface area contributed by atoms with E-state index in [1.807, 2.05) is 0 Å². The van der Waals surface area contributed by atoms with Gasteiger partial charge in [-0.1, -0.05) is 0 Å². The number of nitrogens with zero attached hydrogens (tertiary/aromatic N) is 1. The van der Waals surface area contributed by atoms with Gasteiger partial charge >= 0.3 is 0 Å². The Balaban J connectivity index is 2.85. The second-order valence-electron chi connectivity index (χ2n) is 3.53. The van der Waals surface area contributed by atoms with E-state index in [9.17, 15) is 13.2 Å². The fraction of sp³-hybridized carbons (Fsp3) is 0.100. The highest BCUT2D eigenvalue weighted by molar-refractivity contribution is 7.89. The summed E-state index contributed by atoms with van der Waals surface area (Å²) in [4.78, 5) is 11.7. The molecule has 0 unspecified atom stereocenters. The van der Waals surface area contributed by atoms with Crippen LogP contribution in [-0.2, 0) is 17.1 Å². The van der Waals surface area contributed by atoms with Gasteiger partial charge in [-0.25, -0.2) is 13.6 Å². The summed E-state index contributed by atoms with van der Waals surface area (Å²) in [5, 5.41) is 6.04. The van der Waals surface area contributed by atoms with Crippen LogP contribution in [0.3, 0.4) is 0 Å². The van der Waals surface area contributed by atoms with Crippen LogP contribution in [0, 0.1) is 0 Å². The maximum Gasteiger partial charge on any atom is 0.258 e. The van der Waals surface area contributed by atoms with Crippen molar-refractivity contribution in [1.82, 2.24) is 4.57 Å². The molecule has 6 heteroatoms. The van der Waals surface area contributed by atoms with E-state index < -0.39 is 10.0 Å². The number of aryl methyl sites for hydroxylation is 1. The maximum atomic E-state index is 11.7. The smallest absolute Gasteiger partial charge is 0.258 e. The van der Waals surface area contributed by atoms with Gasteiger partial charge in [0.05, 0.1) is 4.90 Å². The second-order valence-corrected chi connectivity index (χ2v) is 5.09. The lowest BCUT2D eigenvalue weighted by atomic mass is 10.2. The highest BCUT2D eigenvalue weighted by Gasteiger charge is 2.09. The van der Waals surface area contributed by atoms with Crippen molar-refractivity contribution in [2.45, 2.75) is 4.90 Å². The van der Waals surface area contributed by atoms with Crippen molar-refractivity contribution in [3.8, 4) is 0 Å². The molecule has 0 saturated carbocycles. The number of hydrogen-bond donors (Lipinski definition) is 1. The molecule has 84 valence electrons. The van der Waals surface area contributed by atoms with Crippen LogP contribution >= 0.6 is 0 Å². The molecule has 0 aliphatic heterocycles. The summed E-state index contributed by atoms with van der Waals surface area (Å²) in [6.45, 7) is 0. The highest BCUT2D eigenvalue weighted by Crippen LogP contribution is 2.14. The van der Waals surface area contributed by atoms with E-state index in [0.29, 0.717) is 10.8 Å². The molecule has 0 aliphatic rings. The van der Waals surface area contributed by atoms with E-state index in [0.717, 1.165) is 0 Å². The van der Waals surface area contributed by atoms with E-state index in [1.54, 1.807) is 19.3 Å². The van der Waals surface area contributed by atoms with E-state index in [1.165, 1.54) is 22.8 Å². The van der Waals surface area contributed by atoms with Crippen molar-refractivity contribution >= 4 is 20.8 Å². The summed E-state index contributed by atoms with van der Waals surface area (Å²) >= 11 is 0. The van der Waals surface area contributed by atoms with Crippen molar-refractivity contribution in [3.05, 3.63) is 40.8 Å². The first kappa shape index (κ1) is 10.8. The van der Waals surface area contributed by atoms with Gasteiger partial charge in [0, 0.05) is 18.6 Å². The lowest BCUT2D eigenvalue weighted by Gasteiger charge is -2.03. The van der Waals surface area contributed by atoms with Gasteiger partial charge in [0.15, 0.2) is 0 Å². The standard InChI is InChI=1S/C10H10N2O3S/c1-12-5-4-7-6-8(16(11,14)15)2-3-9(7)10(12)13/h2-6H,1H3,(H2,11,14,15). The topological polar surface area (TPSA) is 82.2 Å². The lowest BCUT2D eigenvalue weighted by molar-refractivity contribution is 0.598. The Hall–Kier alpha value is -1.66. The minimum absolute atomic E-state index is 0.00764. The van der Waals surface area contributed by atoms with Crippen LogP contribution in [-0.4, -0.2) is 13.0 Å². The molecule has 0 amide bonds. The molecule has 0 radical (unpaired) electrons. The number of sulfonamides is 1. The average molecular weight is 238 g/mol. The zero-order valence-corrected chi connectivity index (χ0v) is 9.36. The van der Waals surface area contributed by atoms with Crippen molar-refractivity contribution < 1.29 is 8.42 Å². The Bertz CT molecular complexity index is 716. The largest absolute Gasteiger partial charge is 0.318 e. The van der Waals surface area contributed by atoms with E-state index >= 15 is 0 Å². The molecule has 0 bridgehead atoms. The predicted octanol–water partition coefficient (Wildman–Crippen LogP) is 0.186. The van der Waals surface area contributed by atoms with Crippen LogP contribution in [0.1, 0.15) is 0 Å². The molecule has 0 saturated heterocycles. The molecule has 1 aromatic heterocycles. The van der Waals surface area contributed by atoms with Crippen LogP contribution < -0.4 is 10.7 Å². The van der Waals surface area contributed by atoms with Gasteiger partial charge in [0.1, 0.15) is 0 Å². The molecule has 5 nitrogen and oxygen atoms in total. The van der Waals surface area contributed by atoms with Gasteiger partial charge in [-0.3, -0.25) is 4.79 Å². The lowest BCUT2D eigenvalue weighted by Crippen LogP contribution is -2.16. The van der Waals surface area contributed by atoms with Crippen LogP contribution in [0.5, 0.6) is 0 Å². The monoisotopic (exact) mass is 238 g/mol. The minimum Gasteiger partial charge on any atom is -0.318 e. The van der Waals surface area contributed by atoms with E-state index in [4.69, 9.17) is 5.14 Å². The van der Waals surface area contributed by atoms with Gasteiger partial charge in [-0.05, 0) is 29.7 Å². The fourth-order valence-electron chi connectivity index (χ4n) is 1.50. The zero-order chi connectivity index (χ0) is 11.9. The van der Waals surface area contributed by atoms with Crippen LogP contribution in [0.4, 0.5) is 0 Å². The summed E-state index contributed by atoms with van der Waals surface area (Å²) in [5.41, 5.74) is -0.168. The zero-order valence-electron chi connectivity index (χ0n) is 8.54. The van der Waals surface area contributed by atoms with Gasteiger partial charge in [-0.2, -0.15) is 0 Å². The Labute approximate surface area is 92.2 Å². The van der Waals surface area contributed by atoms with E-state index in [2.05, 4.69) is 0 Å². The SMILES string of the molecule is Cn1ccc2cc(S(N)(=O)=O)ccc2c1=O. The van der Waals surface area contributed by atoms with Gasteiger partial charge in [0.2, 0.25) is 10.0 Å². The summed E-state index contributed by atoms with van der Waals surface area (Å²) in [6.07, 6.45) is 1.58. The molecule has 0 spiro atoms. The summed E-state index contributed by atoms with van der Waals surface area (Å²) in [5.74, 6) is 0. The Morgan fingerprint density at radius 3 is 2.56 bits per heavy atom. The first-order chi connectivity index (χ1) is 7.39. The van der Waals surface area contributed by atoms with Crippen molar-refractivity contribution in [1.29, 1.82) is 0 Å². The first-order valence-electron chi connectivity index (χ1n) is 4.52. The predicted molar refractivity (Wildman–Crippen MR) is 60.6 cm³/mol. The number of nitrogens with two attached hydrogens (primary N) is 1. The fourth-order valence-corrected chi connectivity index (χ4v) is 2.05. The number of rotatable bonds is 1. The average Bonchev–Trinajstić information content (AvgIpc) is 2.22. The molecule has 1 aromatic carbocycles. The Morgan fingerprint density at radius 2 is 1.94 bits per heavy atom. The molecule has 0 atom stereocenters. The van der Waals surface area contributed by atoms with Gasteiger partial charge in [-0.15, -0.1) is 0 Å². The second kappa shape index (κ2) is 3.43. The summed E-state index contributed by atoms with van der Waals surface area (Å²) in [6, 6.07) is 5.87. The third kappa shape index (κ3) is 1.72. The Kier molecular flexibility index (Phi) is 2.32. The normalized spacial score (nSPS) is 11.9. The molecule has 16 heavy (non-hydrogen) atoms. The molecule has 2 aromatic rings. The number of hydrogen-bond acceptors (Lipinski definition) is 3. The Morgan fingerprint density at radius 1 is 1.25 bits per heavy atom. The highest BCUT2D eigenvalue weighted by atomic mass is 32.2. The molecule has 2 rings (SSSR count). The molecule has 1 heterocycles.